The van der Waals surface area contributed by atoms with Crippen LogP contribution in [0.1, 0.15) is 140 Å². The Kier molecular flexibility index (Phi) is 38.6. The zero-order chi connectivity index (χ0) is 58.8. The van der Waals surface area contributed by atoms with E-state index in [2.05, 4.69) is 118 Å². The molecule has 0 spiro atoms. The van der Waals surface area contributed by atoms with Crippen molar-refractivity contribution >= 4 is 0 Å². The average Bonchev–Trinajstić information content (AvgIpc) is 4.32. The van der Waals surface area contributed by atoms with E-state index in [4.69, 9.17) is 40.1 Å². The molecule has 0 radical (unpaired) electrons. The summed E-state index contributed by atoms with van der Waals surface area (Å²) in [5.41, 5.74) is 37.7. The van der Waals surface area contributed by atoms with Crippen molar-refractivity contribution in [3.63, 3.8) is 0 Å². The minimum absolute atomic E-state index is 0.498. The summed E-state index contributed by atoms with van der Waals surface area (Å²) in [7, 11) is 1.93. The van der Waals surface area contributed by atoms with Crippen molar-refractivity contribution in [2.24, 2.45) is 47.2 Å². The molecular formula is C56H103N23. The molecule has 0 unspecified atom stereocenters. The summed E-state index contributed by atoms with van der Waals surface area (Å²) in [5.74, 6) is 8.92. The highest BCUT2D eigenvalue weighted by atomic mass is 15.1. The third-order valence-corrected chi connectivity index (χ3v) is 11.9. The van der Waals surface area contributed by atoms with Gasteiger partial charge in [-0.1, -0.05) is 34.6 Å². The Hall–Kier alpha value is -6.60. The average molecular weight is 1100 g/mol. The molecule has 14 N–H and O–H groups in total. The van der Waals surface area contributed by atoms with E-state index in [-0.39, 0.29) is 0 Å². The molecule has 8 aromatic rings. The summed E-state index contributed by atoms with van der Waals surface area (Å²) in [6, 6.07) is 0.539. The van der Waals surface area contributed by atoms with Crippen LogP contribution in [0.2, 0.25) is 0 Å². The summed E-state index contributed by atoms with van der Waals surface area (Å²) in [4.78, 5) is 33.0. The second-order valence-electron chi connectivity index (χ2n) is 18.5. The number of aromatic nitrogens is 16. The van der Waals surface area contributed by atoms with E-state index < -0.39 is 0 Å². The first-order chi connectivity index (χ1) is 38.2. The highest BCUT2D eigenvalue weighted by molar-refractivity contribution is 4.98. The Bertz CT molecular complexity index is 2600. The van der Waals surface area contributed by atoms with E-state index >= 15 is 0 Å². The molecule has 0 aliphatic rings. The molecule has 0 saturated carbocycles. The van der Waals surface area contributed by atoms with Gasteiger partial charge >= 0.3 is 0 Å². The summed E-state index contributed by atoms with van der Waals surface area (Å²) < 4.78 is 16.7. The van der Waals surface area contributed by atoms with Gasteiger partial charge in [0.2, 0.25) is 0 Å². The van der Waals surface area contributed by atoms with Gasteiger partial charge < -0.3 is 76.7 Å². The van der Waals surface area contributed by atoms with Crippen LogP contribution in [0.25, 0.3) is 0 Å². The SMILES string of the molecule is CC(C)c1nccn1CCCN.CCCn1ccnc1CN.CCc1nccn1C(C)C.CCc1nccn1CCCN.CCn1ccnc1CN.Cc1nccn1CCCN.Cc1nccn1CCN.Cn1ccnc1CN. The van der Waals surface area contributed by atoms with Crippen molar-refractivity contribution in [3.8, 4) is 0 Å². The number of rotatable bonds is 21. The number of nitrogens with two attached hydrogens (primary N) is 7. The third kappa shape index (κ3) is 27.7. The van der Waals surface area contributed by atoms with Gasteiger partial charge in [0, 0.05) is 177 Å². The fraction of sp³-hybridized carbons (Fsp3) is 0.571. The smallest absolute Gasteiger partial charge is 0.122 e. The molecule has 8 heterocycles. The summed E-state index contributed by atoms with van der Waals surface area (Å²) >= 11 is 0. The van der Waals surface area contributed by atoms with Gasteiger partial charge in [0.15, 0.2) is 0 Å². The number of imidazole rings is 8. The molecule has 0 atom stereocenters. The Morgan fingerprint density at radius 1 is 0.392 bits per heavy atom. The highest BCUT2D eigenvalue weighted by Crippen LogP contribution is 2.12. The van der Waals surface area contributed by atoms with E-state index in [1.165, 1.54) is 5.82 Å². The normalized spacial score (nSPS) is 10.3. The van der Waals surface area contributed by atoms with E-state index in [0.29, 0.717) is 38.1 Å². The molecule has 0 bridgehead atoms. The lowest BCUT2D eigenvalue weighted by atomic mass is 10.2. The second kappa shape index (κ2) is 43.3. The molecule has 0 aromatic carbocycles. The van der Waals surface area contributed by atoms with Crippen LogP contribution in [0.3, 0.4) is 0 Å². The predicted molar refractivity (Wildman–Crippen MR) is 321 cm³/mol. The highest BCUT2D eigenvalue weighted by Gasteiger charge is 2.06. The van der Waals surface area contributed by atoms with E-state index in [1.807, 2.05) is 109 Å². The fourth-order valence-corrected chi connectivity index (χ4v) is 7.55. The van der Waals surface area contributed by atoms with Crippen LogP contribution in [0, 0.1) is 13.8 Å². The molecule has 8 rings (SSSR count). The second-order valence-corrected chi connectivity index (χ2v) is 18.5. The maximum atomic E-state index is 5.44. The summed E-state index contributed by atoms with van der Waals surface area (Å²) in [6.45, 7) is 31.4. The van der Waals surface area contributed by atoms with Gasteiger partial charge in [-0.25, -0.2) is 39.9 Å². The number of nitrogens with zero attached hydrogens (tertiary/aromatic N) is 16. The van der Waals surface area contributed by atoms with Gasteiger partial charge in [0.25, 0.3) is 0 Å². The molecular weight excluding hydrogens is 995 g/mol. The van der Waals surface area contributed by atoms with Gasteiger partial charge in [0.1, 0.15) is 46.6 Å². The third-order valence-electron chi connectivity index (χ3n) is 11.9. The topological polar surface area (TPSA) is 325 Å². The number of aryl methyl sites for hydroxylation is 10. The molecule has 8 aromatic heterocycles. The van der Waals surface area contributed by atoms with E-state index in [1.54, 1.807) is 24.8 Å². The summed E-state index contributed by atoms with van der Waals surface area (Å²) in [6.07, 6.45) is 36.4. The van der Waals surface area contributed by atoms with Crippen molar-refractivity contribution in [2.75, 3.05) is 26.2 Å². The molecule has 0 aliphatic carbocycles. The van der Waals surface area contributed by atoms with E-state index in [0.717, 1.165) is 138 Å². The zero-order valence-corrected chi connectivity index (χ0v) is 50.0. The Morgan fingerprint density at radius 3 is 1.18 bits per heavy atom. The maximum Gasteiger partial charge on any atom is 0.122 e. The molecule has 442 valence electrons. The van der Waals surface area contributed by atoms with Crippen molar-refractivity contribution in [2.45, 2.75) is 179 Å². The zero-order valence-electron chi connectivity index (χ0n) is 50.0. The lowest BCUT2D eigenvalue weighted by molar-refractivity contribution is 0.571. The van der Waals surface area contributed by atoms with Crippen LogP contribution in [-0.4, -0.2) is 103 Å². The minimum Gasteiger partial charge on any atom is -0.337 e. The monoisotopic (exact) mass is 1100 g/mol. The van der Waals surface area contributed by atoms with Gasteiger partial charge in [0.05, 0.1) is 19.6 Å². The Balaban J connectivity index is 0.000000452. The molecule has 0 amide bonds. The fourth-order valence-electron chi connectivity index (χ4n) is 7.55. The first-order valence-electron chi connectivity index (χ1n) is 28.0. The van der Waals surface area contributed by atoms with Crippen LogP contribution in [0.15, 0.2) is 99.1 Å². The van der Waals surface area contributed by atoms with Gasteiger partial charge in [-0.3, -0.25) is 0 Å². The Labute approximate surface area is 472 Å². The predicted octanol–water partition coefficient (Wildman–Crippen LogP) is 5.86. The molecule has 0 aliphatic heterocycles. The maximum absolute atomic E-state index is 5.44. The number of hydrogen-bond donors (Lipinski definition) is 7. The van der Waals surface area contributed by atoms with Crippen molar-refractivity contribution in [1.82, 2.24) is 76.4 Å². The molecule has 23 heteroatoms. The van der Waals surface area contributed by atoms with Gasteiger partial charge in [-0.2, -0.15) is 0 Å². The molecule has 79 heavy (non-hydrogen) atoms. The number of hydrogen-bond acceptors (Lipinski definition) is 15. The first-order valence-corrected chi connectivity index (χ1v) is 28.0. The van der Waals surface area contributed by atoms with Crippen LogP contribution in [0.4, 0.5) is 0 Å². The first kappa shape index (κ1) is 70.4. The van der Waals surface area contributed by atoms with Crippen LogP contribution in [-0.2, 0) is 78.8 Å². The van der Waals surface area contributed by atoms with Crippen molar-refractivity contribution in [1.29, 1.82) is 0 Å². The summed E-state index contributed by atoms with van der Waals surface area (Å²) in [5, 5.41) is 0. The largest absolute Gasteiger partial charge is 0.337 e. The minimum atomic E-state index is 0.498. The van der Waals surface area contributed by atoms with Gasteiger partial charge in [-0.15, -0.1) is 0 Å². The molecule has 0 fully saturated rings. The lowest BCUT2D eigenvalue weighted by Gasteiger charge is -2.08. The van der Waals surface area contributed by atoms with Crippen molar-refractivity contribution in [3.05, 3.63) is 146 Å². The lowest BCUT2D eigenvalue weighted by Crippen LogP contribution is -2.09. The molecule has 0 saturated heterocycles. The van der Waals surface area contributed by atoms with E-state index in [9.17, 15) is 0 Å². The van der Waals surface area contributed by atoms with Crippen molar-refractivity contribution < 1.29 is 0 Å². The standard InChI is InChI=1S/C9H17N3.C8H15N3.C8H14N2.2C7H13N3.2C6H11N3.C5H9N3/c1-8(2)9-11-5-7-12(9)6-3-4-10;1-2-8-10-5-7-11(8)6-3-4-9;1-4-8-9-5-6-10(8)7(2)3;1-7-9-4-6-10(7)5-2-3-8;1-2-4-10-5-3-9-7(10)6-8;1-6-8-3-5-9(6)4-2-7;1-2-9-4-3-8-6(9)5-7;1-8-3-2-7-5(8)4-6/h5,7-8H,3-4,6,10H2,1-2H3;5,7H,2-4,6,9H2,1H3;5-7H,4H2,1-3H3;4,6H,2-3,5,8H2,1H3;3,5H,2,4,6,8H2,1H3;3,5H,2,4,7H2,1H3;3-4H,2,5,7H2,1H3;2-3H,4,6H2,1H3. The van der Waals surface area contributed by atoms with Crippen LogP contribution in [0.5, 0.6) is 0 Å². The van der Waals surface area contributed by atoms with Crippen LogP contribution >= 0.6 is 0 Å². The quantitative estimate of drug-likeness (QED) is 0.0443. The molecule has 23 nitrogen and oxygen atoms in total. The Morgan fingerprint density at radius 2 is 0.785 bits per heavy atom. The van der Waals surface area contributed by atoms with Crippen LogP contribution < -0.4 is 40.1 Å². The van der Waals surface area contributed by atoms with Gasteiger partial charge in [-0.05, 0) is 79.9 Å².